The molecule has 2 rings (SSSR count). The van der Waals surface area contributed by atoms with Crippen molar-refractivity contribution in [2.45, 2.75) is 43.9 Å². The van der Waals surface area contributed by atoms with Crippen LogP contribution in [-0.4, -0.2) is 26.0 Å². The summed E-state index contributed by atoms with van der Waals surface area (Å²) in [5, 5.41) is 9.06. The summed E-state index contributed by atoms with van der Waals surface area (Å²) in [6.45, 7) is 1.81. The van der Waals surface area contributed by atoms with Gasteiger partial charge in [0.2, 0.25) is 10.0 Å². The van der Waals surface area contributed by atoms with Gasteiger partial charge in [-0.1, -0.05) is 19.4 Å². The molecular formula is C15H21NO4S. The Morgan fingerprint density at radius 1 is 1.33 bits per heavy atom. The standard InChI is InChI=1S/C15H21NO4S/c1-2-4-13(15(17)18)10-16-21(19,20)14-8-7-11-5-3-6-12(11)9-14/h7-9,13,16H,2-6,10H2,1H3,(H,17,18). The lowest BCUT2D eigenvalue weighted by atomic mass is 10.1. The largest absolute Gasteiger partial charge is 0.481 e. The van der Waals surface area contributed by atoms with Crippen LogP contribution in [0.15, 0.2) is 23.1 Å². The summed E-state index contributed by atoms with van der Waals surface area (Å²) in [6.07, 6.45) is 4.14. The molecule has 0 saturated heterocycles. The third-order valence-corrected chi connectivity index (χ3v) is 5.31. The lowest BCUT2D eigenvalue weighted by molar-refractivity contribution is -0.141. The van der Waals surface area contributed by atoms with Gasteiger partial charge in [0, 0.05) is 6.54 Å². The summed E-state index contributed by atoms with van der Waals surface area (Å²) in [7, 11) is -3.64. The number of hydrogen-bond donors (Lipinski definition) is 2. The number of rotatable bonds is 7. The molecule has 1 unspecified atom stereocenters. The molecule has 116 valence electrons. The first-order valence-electron chi connectivity index (χ1n) is 7.28. The van der Waals surface area contributed by atoms with E-state index < -0.39 is 21.9 Å². The second kappa shape index (κ2) is 6.58. The molecule has 1 atom stereocenters. The molecule has 1 aromatic carbocycles. The van der Waals surface area contributed by atoms with Crippen LogP contribution in [0.1, 0.15) is 37.3 Å². The van der Waals surface area contributed by atoms with Crippen LogP contribution >= 0.6 is 0 Å². The van der Waals surface area contributed by atoms with Gasteiger partial charge >= 0.3 is 5.97 Å². The third kappa shape index (κ3) is 3.83. The molecule has 6 heteroatoms. The lowest BCUT2D eigenvalue weighted by Crippen LogP contribution is -2.33. The van der Waals surface area contributed by atoms with Crippen LogP contribution in [0.4, 0.5) is 0 Å². The van der Waals surface area contributed by atoms with E-state index in [0.717, 1.165) is 24.8 Å². The van der Waals surface area contributed by atoms with Crippen molar-refractivity contribution in [3.05, 3.63) is 29.3 Å². The summed E-state index contributed by atoms with van der Waals surface area (Å²) in [5.41, 5.74) is 2.30. The first-order valence-corrected chi connectivity index (χ1v) is 8.76. The first kappa shape index (κ1) is 16.0. The molecule has 0 fully saturated rings. The molecule has 5 nitrogen and oxygen atoms in total. The number of aliphatic carboxylic acids is 1. The maximum atomic E-state index is 12.3. The second-order valence-corrected chi connectivity index (χ2v) is 7.23. The van der Waals surface area contributed by atoms with E-state index in [2.05, 4.69) is 4.72 Å². The molecule has 0 heterocycles. The molecule has 0 saturated carbocycles. The maximum absolute atomic E-state index is 12.3. The Hall–Kier alpha value is -1.40. The Balaban J connectivity index is 2.09. The molecular weight excluding hydrogens is 290 g/mol. The fourth-order valence-electron chi connectivity index (χ4n) is 2.67. The Labute approximate surface area is 125 Å². The highest BCUT2D eigenvalue weighted by atomic mass is 32.2. The molecule has 2 N–H and O–H groups in total. The Morgan fingerprint density at radius 3 is 2.71 bits per heavy atom. The van der Waals surface area contributed by atoms with E-state index in [0.29, 0.717) is 12.8 Å². The molecule has 1 aromatic rings. The molecule has 0 aliphatic heterocycles. The smallest absolute Gasteiger partial charge is 0.307 e. The molecule has 0 spiro atoms. The average molecular weight is 311 g/mol. The van der Waals surface area contributed by atoms with Crippen LogP contribution in [0, 0.1) is 5.92 Å². The van der Waals surface area contributed by atoms with Gasteiger partial charge in [0.25, 0.3) is 0 Å². The normalized spacial score (nSPS) is 15.7. The van der Waals surface area contributed by atoms with Gasteiger partial charge in [-0.25, -0.2) is 13.1 Å². The minimum absolute atomic E-state index is 0.0669. The molecule has 1 aliphatic carbocycles. The summed E-state index contributed by atoms with van der Waals surface area (Å²) in [5.74, 6) is -1.65. The number of fused-ring (bicyclic) bond motifs is 1. The molecule has 1 aliphatic rings. The number of nitrogens with one attached hydrogen (secondary N) is 1. The number of sulfonamides is 1. The van der Waals surface area contributed by atoms with E-state index in [1.54, 1.807) is 12.1 Å². The quantitative estimate of drug-likeness (QED) is 0.806. The van der Waals surface area contributed by atoms with E-state index in [1.165, 1.54) is 5.56 Å². The molecule has 0 bridgehead atoms. The SMILES string of the molecule is CCCC(CNS(=O)(=O)c1ccc2c(c1)CCC2)C(=O)O. The predicted octanol–water partition coefficient (Wildman–Crippen LogP) is 1.95. The van der Waals surface area contributed by atoms with Crippen molar-refractivity contribution in [1.29, 1.82) is 0 Å². The number of aryl methyl sites for hydroxylation is 2. The van der Waals surface area contributed by atoms with Gasteiger partial charge in [-0.15, -0.1) is 0 Å². The monoisotopic (exact) mass is 311 g/mol. The topological polar surface area (TPSA) is 83.5 Å². The van der Waals surface area contributed by atoms with Crippen LogP contribution in [0.2, 0.25) is 0 Å². The number of carboxylic acids is 1. The predicted molar refractivity (Wildman–Crippen MR) is 79.7 cm³/mol. The van der Waals surface area contributed by atoms with Gasteiger partial charge < -0.3 is 5.11 Å². The Morgan fingerprint density at radius 2 is 2.05 bits per heavy atom. The summed E-state index contributed by atoms with van der Waals surface area (Å²) in [4.78, 5) is 11.3. The van der Waals surface area contributed by atoms with Crippen molar-refractivity contribution in [2.24, 2.45) is 5.92 Å². The van der Waals surface area contributed by atoms with Crippen molar-refractivity contribution in [1.82, 2.24) is 4.72 Å². The minimum atomic E-state index is -3.64. The van der Waals surface area contributed by atoms with E-state index in [1.807, 2.05) is 13.0 Å². The number of benzene rings is 1. The zero-order valence-electron chi connectivity index (χ0n) is 12.1. The van der Waals surface area contributed by atoms with Crippen LogP contribution in [0.25, 0.3) is 0 Å². The van der Waals surface area contributed by atoms with Gasteiger partial charge in [-0.2, -0.15) is 0 Å². The van der Waals surface area contributed by atoms with Gasteiger partial charge in [0.05, 0.1) is 10.8 Å². The summed E-state index contributed by atoms with van der Waals surface area (Å²) >= 11 is 0. The molecule has 0 aromatic heterocycles. The second-order valence-electron chi connectivity index (χ2n) is 5.46. The van der Waals surface area contributed by atoms with Crippen LogP contribution < -0.4 is 4.72 Å². The lowest BCUT2D eigenvalue weighted by Gasteiger charge is -2.13. The van der Waals surface area contributed by atoms with Gasteiger partial charge in [-0.3, -0.25) is 4.79 Å². The molecule has 0 radical (unpaired) electrons. The third-order valence-electron chi connectivity index (χ3n) is 3.89. The van der Waals surface area contributed by atoms with Gasteiger partial charge in [-0.05, 0) is 48.9 Å². The van der Waals surface area contributed by atoms with E-state index in [-0.39, 0.29) is 11.4 Å². The summed E-state index contributed by atoms with van der Waals surface area (Å²) in [6, 6.07) is 5.17. The van der Waals surface area contributed by atoms with Crippen LogP contribution in [0.5, 0.6) is 0 Å². The Bertz CT molecular complexity index is 625. The van der Waals surface area contributed by atoms with Crippen molar-refractivity contribution >= 4 is 16.0 Å². The molecule has 0 amide bonds. The maximum Gasteiger partial charge on any atom is 0.307 e. The highest BCUT2D eigenvalue weighted by molar-refractivity contribution is 7.89. The van der Waals surface area contributed by atoms with Crippen molar-refractivity contribution in [2.75, 3.05) is 6.54 Å². The van der Waals surface area contributed by atoms with E-state index >= 15 is 0 Å². The van der Waals surface area contributed by atoms with E-state index in [4.69, 9.17) is 5.11 Å². The zero-order chi connectivity index (χ0) is 15.5. The van der Waals surface area contributed by atoms with Crippen molar-refractivity contribution in [3.63, 3.8) is 0 Å². The summed E-state index contributed by atoms with van der Waals surface area (Å²) < 4.78 is 26.9. The van der Waals surface area contributed by atoms with Gasteiger partial charge in [0.15, 0.2) is 0 Å². The molecule has 21 heavy (non-hydrogen) atoms. The van der Waals surface area contributed by atoms with E-state index in [9.17, 15) is 13.2 Å². The van der Waals surface area contributed by atoms with Crippen LogP contribution in [-0.2, 0) is 27.7 Å². The average Bonchev–Trinajstić information content (AvgIpc) is 2.90. The fraction of sp³-hybridized carbons (Fsp3) is 0.533. The van der Waals surface area contributed by atoms with Crippen LogP contribution in [0.3, 0.4) is 0 Å². The van der Waals surface area contributed by atoms with Gasteiger partial charge in [0.1, 0.15) is 0 Å². The van der Waals surface area contributed by atoms with Crippen molar-refractivity contribution in [3.8, 4) is 0 Å². The highest BCUT2D eigenvalue weighted by Gasteiger charge is 2.22. The first-order chi connectivity index (χ1) is 9.94. The fourth-order valence-corrected chi connectivity index (χ4v) is 3.80. The number of hydrogen-bond acceptors (Lipinski definition) is 3. The zero-order valence-corrected chi connectivity index (χ0v) is 12.9. The highest BCUT2D eigenvalue weighted by Crippen LogP contribution is 2.24. The number of carbonyl (C=O) groups is 1. The minimum Gasteiger partial charge on any atom is -0.481 e. The number of carboxylic acid groups (broad SMARTS) is 1. The van der Waals surface area contributed by atoms with Crippen molar-refractivity contribution < 1.29 is 18.3 Å². The Kier molecular flexibility index (Phi) is 5.00.